The first-order chi connectivity index (χ1) is 14.1. The van der Waals surface area contributed by atoms with E-state index in [1.807, 2.05) is 6.07 Å². The third-order valence-electron chi connectivity index (χ3n) is 5.02. The van der Waals surface area contributed by atoms with Crippen molar-refractivity contribution in [3.05, 3.63) is 53.6 Å². The Morgan fingerprint density at radius 3 is 2.38 bits per heavy atom. The highest BCUT2D eigenvalue weighted by atomic mass is 16.5. The first-order valence-corrected chi connectivity index (χ1v) is 9.75. The summed E-state index contributed by atoms with van der Waals surface area (Å²) in [5, 5.41) is 8.61. The number of amides is 3. The first-order valence-electron chi connectivity index (χ1n) is 9.75. The summed E-state index contributed by atoms with van der Waals surface area (Å²) >= 11 is 0. The van der Waals surface area contributed by atoms with Gasteiger partial charge in [0.25, 0.3) is 5.91 Å². The van der Waals surface area contributed by atoms with Gasteiger partial charge in [0.1, 0.15) is 11.5 Å². The third-order valence-corrected chi connectivity index (χ3v) is 5.02. The van der Waals surface area contributed by atoms with E-state index in [1.54, 1.807) is 50.6 Å². The van der Waals surface area contributed by atoms with Crippen molar-refractivity contribution in [1.82, 2.24) is 10.6 Å². The van der Waals surface area contributed by atoms with Crippen LogP contribution in [-0.4, -0.2) is 32.2 Å². The number of ether oxygens (including phenoxy) is 2. The third kappa shape index (κ3) is 5.63. The number of anilines is 1. The zero-order valence-electron chi connectivity index (χ0n) is 16.8. The van der Waals surface area contributed by atoms with Crippen LogP contribution in [0.25, 0.3) is 0 Å². The van der Waals surface area contributed by atoms with Gasteiger partial charge in [-0.2, -0.15) is 0 Å². The average molecular weight is 397 g/mol. The lowest BCUT2D eigenvalue weighted by Crippen LogP contribution is -2.32. The van der Waals surface area contributed by atoms with E-state index in [4.69, 9.17) is 9.47 Å². The highest BCUT2D eigenvalue weighted by Gasteiger charge is 2.17. The molecule has 0 radical (unpaired) electrons. The van der Waals surface area contributed by atoms with Crippen LogP contribution in [0.2, 0.25) is 0 Å². The minimum atomic E-state index is -0.349. The van der Waals surface area contributed by atoms with Gasteiger partial charge in [0.05, 0.1) is 14.2 Å². The van der Waals surface area contributed by atoms with Crippen LogP contribution in [0.4, 0.5) is 10.5 Å². The molecule has 0 saturated heterocycles. The second-order valence-electron chi connectivity index (χ2n) is 7.02. The molecular formula is C22H27N3O4. The summed E-state index contributed by atoms with van der Waals surface area (Å²) in [5.41, 5.74) is 2.00. The molecule has 0 spiro atoms. The van der Waals surface area contributed by atoms with E-state index in [2.05, 4.69) is 16.0 Å². The van der Waals surface area contributed by atoms with E-state index >= 15 is 0 Å². The van der Waals surface area contributed by atoms with Gasteiger partial charge in [-0.15, -0.1) is 0 Å². The molecule has 0 bridgehead atoms. The molecule has 0 atom stereocenters. The Hall–Kier alpha value is -3.22. The van der Waals surface area contributed by atoms with Gasteiger partial charge in [-0.1, -0.05) is 12.8 Å². The summed E-state index contributed by atoms with van der Waals surface area (Å²) < 4.78 is 10.5. The lowest BCUT2D eigenvalue weighted by Gasteiger charge is -2.13. The molecule has 0 aromatic heterocycles. The van der Waals surface area contributed by atoms with Crippen LogP contribution in [0, 0.1) is 0 Å². The molecule has 2 aromatic carbocycles. The van der Waals surface area contributed by atoms with Crippen molar-refractivity contribution in [1.29, 1.82) is 0 Å². The zero-order chi connectivity index (χ0) is 20.6. The summed E-state index contributed by atoms with van der Waals surface area (Å²) in [6.07, 6.45) is 4.43. The highest BCUT2D eigenvalue weighted by molar-refractivity contribution is 5.95. The van der Waals surface area contributed by atoms with Crippen LogP contribution in [0.15, 0.2) is 42.5 Å². The molecule has 0 unspecified atom stereocenters. The molecule has 1 fully saturated rings. The Morgan fingerprint density at radius 2 is 1.72 bits per heavy atom. The molecule has 7 nitrogen and oxygen atoms in total. The van der Waals surface area contributed by atoms with Crippen molar-refractivity contribution >= 4 is 17.6 Å². The number of carbonyl (C=O) groups is 2. The fraction of sp³-hybridized carbons (Fsp3) is 0.364. The monoisotopic (exact) mass is 397 g/mol. The molecule has 3 rings (SSSR count). The Bertz CT molecular complexity index is 846. The van der Waals surface area contributed by atoms with Gasteiger partial charge in [0.2, 0.25) is 0 Å². The van der Waals surface area contributed by atoms with Gasteiger partial charge in [-0.3, -0.25) is 4.79 Å². The maximum atomic E-state index is 12.3. The van der Waals surface area contributed by atoms with Crippen LogP contribution < -0.4 is 25.4 Å². The van der Waals surface area contributed by atoms with Gasteiger partial charge in [-0.25, -0.2) is 4.79 Å². The van der Waals surface area contributed by atoms with Crippen molar-refractivity contribution in [2.75, 3.05) is 19.5 Å². The second kappa shape index (κ2) is 9.82. The van der Waals surface area contributed by atoms with Crippen LogP contribution in [0.1, 0.15) is 41.6 Å². The van der Waals surface area contributed by atoms with Gasteiger partial charge >= 0.3 is 6.03 Å². The minimum Gasteiger partial charge on any atom is -0.497 e. The van der Waals surface area contributed by atoms with Crippen LogP contribution in [-0.2, 0) is 6.54 Å². The second-order valence-corrected chi connectivity index (χ2v) is 7.02. The van der Waals surface area contributed by atoms with Gasteiger partial charge < -0.3 is 25.4 Å². The van der Waals surface area contributed by atoms with Crippen molar-refractivity contribution in [2.24, 2.45) is 0 Å². The van der Waals surface area contributed by atoms with E-state index in [9.17, 15) is 9.59 Å². The number of hydrogen-bond acceptors (Lipinski definition) is 4. The molecule has 1 saturated carbocycles. The predicted octanol–water partition coefficient (Wildman–Crippen LogP) is 3.70. The maximum Gasteiger partial charge on any atom is 0.319 e. The van der Waals surface area contributed by atoms with Gasteiger partial charge in [0, 0.05) is 29.4 Å². The van der Waals surface area contributed by atoms with Crippen LogP contribution >= 0.6 is 0 Å². The maximum absolute atomic E-state index is 12.3. The average Bonchev–Trinajstić information content (AvgIpc) is 3.25. The standard InChI is InChI=1S/C22H27N3O4/c1-28-19-11-12-20(29-2)16(13-19)14-23-22(27)25-18-9-7-15(8-10-18)21(26)24-17-5-3-4-6-17/h7-13,17H,3-6,14H2,1-2H3,(H,24,26)(H2,23,25,27). The smallest absolute Gasteiger partial charge is 0.319 e. The highest BCUT2D eigenvalue weighted by Crippen LogP contribution is 2.23. The number of urea groups is 1. The fourth-order valence-corrected chi connectivity index (χ4v) is 3.41. The molecule has 7 heteroatoms. The lowest BCUT2D eigenvalue weighted by molar-refractivity contribution is 0.0938. The largest absolute Gasteiger partial charge is 0.497 e. The Balaban J connectivity index is 1.52. The Kier molecular flexibility index (Phi) is 6.94. The number of carbonyl (C=O) groups excluding carboxylic acids is 2. The summed E-state index contributed by atoms with van der Waals surface area (Å²) in [7, 11) is 3.17. The van der Waals surface area contributed by atoms with E-state index in [1.165, 1.54) is 12.8 Å². The zero-order valence-corrected chi connectivity index (χ0v) is 16.8. The normalized spacial score (nSPS) is 13.6. The summed E-state index contributed by atoms with van der Waals surface area (Å²) in [5.74, 6) is 1.29. The predicted molar refractivity (Wildman–Crippen MR) is 112 cm³/mol. The Labute approximate surface area is 170 Å². The summed E-state index contributed by atoms with van der Waals surface area (Å²) in [6, 6.07) is 12.2. The number of methoxy groups -OCH3 is 2. The molecule has 0 aliphatic heterocycles. The van der Waals surface area contributed by atoms with E-state index in [0.717, 1.165) is 18.4 Å². The molecule has 29 heavy (non-hydrogen) atoms. The lowest BCUT2D eigenvalue weighted by atomic mass is 10.1. The molecule has 1 aliphatic rings. The number of rotatable bonds is 7. The molecule has 3 N–H and O–H groups in total. The quantitative estimate of drug-likeness (QED) is 0.665. The summed E-state index contributed by atoms with van der Waals surface area (Å²) in [6.45, 7) is 0.286. The van der Waals surface area contributed by atoms with E-state index < -0.39 is 0 Å². The molecular weight excluding hydrogens is 370 g/mol. The Morgan fingerprint density at radius 1 is 1.00 bits per heavy atom. The van der Waals surface area contributed by atoms with Gasteiger partial charge in [-0.05, 0) is 55.3 Å². The van der Waals surface area contributed by atoms with Crippen LogP contribution in [0.3, 0.4) is 0 Å². The van der Waals surface area contributed by atoms with Crippen molar-refractivity contribution in [3.63, 3.8) is 0 Å². The molecule has 154 valence electrons. The SMILES string of the molecule is COc1ccc(OC)c(CNC(=O)Nc2ccc(C(=O)NC3CCCC3)cc2)c1. The molecule has 0 heterocycles. The fourth-order valence-electron chi connectivity index (χ4n) is 3.41. The van der Waals surface area contributed by atoms with Gasteiger partial charge in [0.15, 0.2) is 0 Å². The number of benzene rings is 2. The number of nitrogens with one attached hydrogen (secondary N) is 3. The first kappa shape index (κ1) is 20.5. The van der Waals surface area contributed by atoms with E-state index in [0.29, 0.717) is 22.7 Å². The number of hydrogen-bond donors (Lipinski definition) is 3. The summed E-state index contributed by atoms with van der Waals surface area (Å²) in [4.78, 5) is 24.5. The van der Waals surface area contributed by atoms with Crippen molar-refractivity contribution in [3.8, 4) is 11.5 Å². The van der Waals surface area contributed by atoms with Crippen molar-refractivity contribution in [2.45, 2.75) is 38.3 Å². The topological polar surface area (TPSA) is 88.7 Å². The van der Waals surface area contributed by atoms with Crippen LogP contribution in [0.5, 0.6) is 11.5 Å². The molecule has 3 amide bonds. The van der Waals surface area contributed by atoms with E-state index in [-0.39, 0.29) is 24.5 Å². The molecule has 2 aromatic rings. The molecule has 1 aliphatic carbocycles. The minimum absolute atomic E-state index is 0.0713. The van der Waals surface area contributed by atoms with Crippen molar-refractivity contribution < 1.29 is 19.1 Å².